The van der Waals surface area contributed by atoms with Gasteiger partial charge in [-0.15, -0.1) is 0 Å². The molecule has 2 heterocycles. The first-order valence-corrected chi connectivity index (χ1v) is 7.17. The monoisotopic (exact) mass is 297 g/mol. The van der Waals surface area contributed by atoms with Crippen LogP contribution in [0.2, 0.25) is 5.02 Å². The lowest BCUT2D eigenvalue weighted by atomic mass is 10.0. The predicted octanol–water partition coefficient (Wildman–Crippen LogP) is 1.57. The van der Waals surface area contributed by atoms with E-state index >= 15 is 0 Å². The Hall–Kier alpha value is -1.17. The summed E-state index contributed by atoms with van der Waals surface area (Å²) in [5.41, 5.74) is 0.181. The van der Waals surface area contributed by atoms with Gasteiger partial charge < -0.3 is 10.6 Å². The summed E-state index contributed by atoms with van der Waals surface area (Å²) in [7, 11) is 0. The van der Waals surface area contributed by atoms with E-state index in [2.05, 4.69) is 15.5 Å². The van der Waals surface area contributed by atoms with Gasteiger partial charge >= 0.3 is 0 Å². The Morgan fingerprint density at radius 1 is 1.40 bits per heavy atom. The van der Waals surface area contributed by atoms with Gasteiger partial charge in [-0.1, -0.05) is 11.6 Å². The zero-order chi connectivity index (χ0) is 14.1. The van der Waals surface area contributed by atoms with E-state index in [-0.39, 0.29) is 11.6 Å². The van der Waals surface area contributed by atoms with E-state index in [1.54, 1.807) is 6.07 Å². The lowest BCUT2D eigenvalue weighted by Crippen LogP contribution is -2.33. The normalized spacial score (nSPS) is 25.7. The molecule has 2 fully saturated rings. The molecule has 2 saturated heterocycles. The highest BCUT2D eigenvalue weighted by Crippen LogP contribution is 2.26. The smallest absolute Gasteiger partial charge is 0.238 e. The second-order valence-corrected chi connectivity index (χ2v) is 5.98. The van der Waals surface area contributed by atoms with Crippen LogP contribution in [0.3, 0.4) is 0 Å². The van der Waals surface area contributed by atoms with Crippen molar-refractivity contribution in [2.24, 2.45) is 11.8 Å². The standard InChI is InChI=1S/C14H17ClFN3O/c15-11-1-2-13(12(16)3-11)18-14(20)8-19-6-9-4-17-5-10(9)7-19/h1-3,9-10,17H,4-8H2,(H,18,20)/t9-,10+. The molecule has 0 saturated carbocycles. The SMILES string of the molecule is O=C(CN1C[C@H]2CNC[C@H]2C1)Nc1ccc(Cl)cc1F. The fourth-order valence-corrected chi connectivity index (χ4v) is 3.22. The zero-order valence-electron chi connectivity index (χ0n) is 11.0. The third-order valence-corrected chi connectivity index (χ3v) is 4.27. The summed E-state index contributed by atoms with van der Waals surface area (Å²) in [6, 6.07) is 4.24. The summed E-state index contributed by atoms with van der Waals surface area (Å²) in [5.74, 6) is 0.609. The Labute approximate surface area is 122 Å². The van der Waals surface area contributed by atoms with Crippen molar-refractivity contribution in [3.05, 3.63) is 29.0 Å². The average molecular weight is 298 g/mol. The van der Waals surface area contributed by atoms with Crippen molar-refractivity contribution in [3.8, 4) is 0 Å². The molecule has 2 N–H and O–H groups in total. The number of carbonyl (C=O) groups is 1. The van der Waals surface area contributed by atoms with Crippen LogP contribution in [0.15, 0.2) is 18.2 Å². The summed E-state index contributed by atoms with van der Waals surface area (Å²) in [4.78, 5) is 14.1. The first-order chi connectivity index (χ1) is 9.61. The number of rotatable bonds is 3. The van der Waals surface area contributed by atoms with Gasteiger partial charge in [-0.2, -0.15) is 0 Å². The highest BCUT2D eigenvalue weighted by Gasteiger charge is 2.36. The Morgan fingerprint density at radius 3 is 2.75 bits per heavy atom. The van der Waals surface area contributed by atoms with Crippen LogP contribution in [0, 0.1) is 17.7 Å². The molecule has 20 heavy (non-hydrogen) atoms. The number of nitrogens with one attached hydrogen (secondary N) is 2. The third kappa shape index (κ3) is 2.95. The second kappa shape index (κ2) is 5.68. The van der Waals surface area contributed by atoms with Crippen LogP contribution >= 0.6 is 11.6 Å². The van der Waals surface area contributed by atoms with Crippen molar-refractivity contribution >= 4 is 23.2 Å². The molecule has 2 atom stereocenters. The summed E-state index contributed by atoms with van der Waals surface area (Å²) >= 11 is 5.68. The number of amides is 1. The van der Waals surface area contributed by atoms with Crippen molar-refractivity contribution in [2.45, 2.75) is 0 Å². The van der Waals surface area contributed by atoms with Gasteiger partial charge in [0.1, 0.15) is 5.82 Å². The van der Waals surface area contributed by atoms with Gasteiger partial charge in [0.05, 0.1) is 12.2 Å². The molecule has 2 aliphatic rings. The van der Waals surface area contributed by atoms with Gasteiger partial charge in [0.2, 0.25) is 5.91 Å². The van der Waals surface area contributed by atoms with Gasteiger partial charge in [0.15, 0.2) is 0 Å². The number of nitrogens with zero attached hydrogens (tertiary/aromatic N) is 1. The number of hydrogen-bond acceptors (Lipinski definition) is 3. The van der Waals surface area contributed by atoms with Gasteiger partial charge in [0.25, 0.3) is 0 Å². The molecule has 0 unspecified atom stereocenters. The molecule has 4 nitrogen and oxygen atoms in total. The summed E-state index contributed by atoms with van der Waals surface area (Å²) in [5, 5.41) is 6.28. The molecule has 0 bridgehead atoms. The molecule has 108 valence electrons. The third-order valence-electron chi connectivity index (χ3n) is 4.04. The fraction of sp³-hybridized carbons (Fsp3) is 0.500. The maximum atomic E-state index is 13.6. The maximum Gasteiger partial charge on any atom is 0.238 e. The Balaban J connectivity index is 1.55. The molecule has 0 radical (unpaired) electrons. The number of halogens is 2. The molecule has 1 amide bonds. The summed E-state index contributed by atoms with van der Waals surface area (Å²) in [6.45, 7) is 4.26. The Morgan fingerprint density at radius 2 is 2.10 bits per heavy atom. The number of carbonyl (C=O) groups excluding carboxylic acids is 1. The summed E-state index contributed by atoms with van der Waals surface area (Å²) < 4.78 is 13.6. The maximum absolute atomic E-state index is 13.6. The molecule has 1 aromatic carbocycles. The van der Waals surface area contributed by atoms with E-state index in [0.717, 1.165) is 26.2 Å². The van der Waals surface area contributed by atoms with E-state index in [0.29, 0.717) is 23.4 Å². The van der Waals surface area contributed by atoms with Crippen LogP contribution in [-0.2, 0) is 4.79 Å². The van der Waals surface area contributed by atoms with Crippen LogP contribution in [0.1, 0.15) is 0 Å². The quantitative estimate of drug-likeness (QED) is 0.890. The minimum atomic E-state index is -0.506. The van der Waals surface area contributed by atoms with Gasteiger partial charge in [-0.25, -0.2) is 4.39 Å². The molecule has 3 rings (SSSR count). The van der Waals surface area contributed by atoms with Gasteiger partial charge in [-0.05, 0) is 43.1 Å². The molecular weight excluding hydrogens is 281 g/mol. The van der Waals surface area contributed by atoms with Crippen LogP contribution in [0.5, 0.6) is 0 Å². The highest BCUT2D eigenvalue weighted by atomic mass is 35.5. The van der Waals surface area contributed by atoms with Crippen molar-refractivity contribution in [2.75, 3.05) is 38.0 Å². The van der Waals surface area contributed by atoms with Crippen molar-refractivity contribution in [1.29, 1.82) is 0 Å². The molecule has 2 aliphatic heterocycles. The number of hydrogen-bond donors (Lipinski definition) is 2. The van der Waals surface area contributed by atoms with Crippen LogP contribution in [-0.4, -0.2) is 43.5 Å². The van der Waals surface area contributed by atoms with Crippen molar-refractivity contribution in [3.63, 3.8) is 0 Å². The fourth-order valence-electron chi connectivity index (χ4n) is 3.07. The number of likely N-dealkylation sites (tertiary alicyclic amines) is 1. The van der Waals surface area contributed by atoms with E-state index in [9.17, 15) is 9.18 Å². The van der Waals surface area contributed by atoms with E-state index in [4.69, 9.17) is 11.6 Å². The number of benzene rings is 1. The topological polar surface area (TPSA) is 44.4 Å². The minimum absolute atomic E-state index is 0.181. The Bertz CT molecular complexity index is 513. The molecule has 0 spiro atoms. The van der Waals surface area contributed by atoms with E-state index in [1.165, 1.54) is 12.1 Å². The van der Waals surface area contributed by atoms with Gasteiger partial charge in [-0.3, -0.25) is 9.69 Å². The second-order valence-electron chi connectivity index (χ2n) is 5.54. The van der Waals surface area contributed by atoms with Crippen LogP contribution in [0.25, 0.3) is 0 Å². The van der Waals surface area contributed by atoms with Gasteiger partial charge in [0, 0.05) is 18.1 Å². The van der Waals surface area contributed by atoms with Crippen LogP contribution < -0.4 is 10.6 Å². The molecule has 6 heteroatoms. The van der Waals surface area contributed by atoms with E-state index < -0.39 is 5.82 Å². The number of fused-ring (bicyclic) bond motifs is 1. The number of anilines is 1. The van der Waals surface area contributed by atoms with Crippen molar-refractivity contribution in [1.82, 2.24) is 10.2 Å². The highest BCUT2D eigenvalue weighted by molar-refractivity contribution is 6.30. The molecule has 0 aromatic heterocycles. The lowest BCUT2D eigenvalue weighted by molar-refractivity contribution is -0.117. The van der Waals surface area contributed by atoms with Crippen LogP contribution in [0.4, 0.5) is 10.1 Å². The molecule has 1 aromatic rings. The van der Waals surface area contributed by atoms with E-state index in [1.807, 2.05) is 0 Å². The Kier molecular flexibility index (Phi) is 3.92. The predicted molar refractivity (Wildman–Crippen MR) is 76.3 cm³/mol. The lowest BCUT2D eigenvalue weighted by Gasteiger charge is -2.16. The minimum Gasteiger partial charge on any atom is -0.322 e. The zero-order valence-corrected chi connectivity index (χ0v) is 11.8. The largest absolute Gasteiger partial charge is 0.322 e. The summed E-state index contributed by atoms with van der Waals surface area (Å²) in [6.07, 6.45) is 0. The first kappa shape index (κ1) is 13.8. The molecular formula is C14H17ClFN3O. The first-order valence-electron chi connectivity index (χ1n) is 6.80. The van der Waals surface area contributed by atoms with Crippen molar-refractivity contribution < 1.29 is 9.18 Å². The average Bonchev–Trinajstić information content (AvgIpc) is 2.93. The molecule has 0 aliphatic carbocycles.